The van der Waals surface area contributed by atoms with Crippen molar-refractivity contribution in [2.45, 2.75) is 52.2 Å². The van der Waals surface area contributed by atoms with Crippen LogP contribution in [0.4, 0.5) is 10.7 Å². The van der Waals surface area contributed by atoms with Crippen LogP contribution in [0.15, 0.2) is 60.8 Å². The number of ether oxygens (including phenoxy) is 2. The molecule has 202 valence electrons. The van der Waals surface area contributed by atoms with Crippen molar-refractivity contribution in [2.75, 3.05) is 31.6 Å². The topological polar surface area (TPSA) is 97.7 Å². The fraction of sp³-hybridized carbons (Fsp3) is 0.414. The predicted octanol–water partition coefficient (Wildman–Crippen LogP) is 4.87. The van der Waals surface area contributed by atoms with Crippen molar-refractivity contribution in [3.63, 3.8) is 0 Å². The van der Waals surface area contributed by atoms with E-state index in [1.807, 2.05) is 93.1 Å². The fourth-order valence-electron chi connectivity index (χ4n) is 4.29. The third-order valence-corrected chi connectivity index (χ3v) is 5.99. The second kappa shape index (κ2) is 12.1. The van der Waals surface area contributed by atoms with E-state index in [2.05, 4.69) is 10.6 Å². The van der Waals surface area contributed by atoms with Crippen molar-refractivity contribution in [1.29, 1.82) is 0 Å². The lowest BCUT2D eigenvalue weighted by molar-refractivity contribution is -0.117. The molecule has 4 rings (SSSR count). The van der Waals surface area contributed by atoms with Gasteiger partial charge in [0.1, 0.15) is 12.3 Å². The van der Waals surface area contributed by atoms with Crippen LogP contribution in [-0.4, -0.2) is 64.3 Å². The minimum absolute atomic E-state index is 0.0820. The number of nitrogens with one attached hydrogen (secondary N) is 2. The van der Waals surface area contributed by atoms with Gasteiger partial charge in [0.05, 0.1) is 24.1 Å². The van der Waals surface area contributed by atoms with E-state index in [-0.39, 0.29) is 24.6 Å². The molecule has 0 bridgehead atoms. The molecule has 2 aromatic carbocycles. The van der Waals surface area contributed by atoms with Gasteiger partial charge in [0, 0.05) is 36.5 Å². The van der Waals surface area contributed by atoms with Gasteiger partial charge in [-0.2, -0.15) is 0 Å². The van der Waals surface area contributed by atoms with Gasteiger partial charge in [-0.1, -0.05) is 36.4 Å². The molecule has 2 N–H and O–H groups in total. The van der Waals surface area contributed by atoms with Gasteiger partial charge in [0.2, 0.25) is 11.9 Å². The summed E-state index contributed by atoms with van der Waals surface area (Å²) in [5.74, 6) is 0.731. The number of urea groups is 1. The highest BCUT2D eigenvalue weighted by Crippen LogP contribution is 2.26. The van der Waals surface area contributed by atoms with E-state index in [9.17, 15) is 9.59 Å². The number of aromatic nitrogens is 2. The monoisotopic (exact) mass is 519 g/mol. The van der Waals surface area contributed by atoms with Crippen molar-refractivity contribution >= 4 is 17.9 Å². The zero-order valence-electron chi connectivity index (χ0n) is 22.6. The van der Waals surface area contributed by atoms with Gasteiger partial charge >= 0.3 is 6.03 Å². The Hall–Kier alpha value is -3.85. The third-order valence-electron chi connectivity index (χ3n) is 5.99. The van der Waals surface area contributed by atoms with Gasteiger partial charge < -0.3 is 19.7 Å². The van der Waals surface area contributed by atoms with E-state index in [4.69, 9.17) is 14.5 Å². The van der Waals surface area contributed by atoms with Crippen molar-refractivity contribution in [1.82, 2.24) is 19.8 Å². The zero-order chi connectivity index (χ0) is 27.1. The predicted molar refractivity (Wildman–Crippen MR) is 148 cm³/mol. The minimum Gasteiger partial charge on any atom is -0.494 e. The highest BCUT2D eigenvalue weighted by Gasteiger charge is 2.27. The summed E-state index contributed by atoms with van der Waals surface area (Å²) in [7, 11) is 0. The summed E-state index contributed by atoms with van der Waals surface area (Å²) in [4.78, 5) is 32.6. The Labute approximate surface area is 224 Å². The first-order valence-electron chi connectivity index (χ1n) is 13.1. The number of amides is 3. The van der Waals surface area contributed by atoms with Gasteiger partial charge in [-0.25, -0.2) is 9.78 Å². The molecule has 3 aromatic rings. The fourth-order valence-corrected chi connectivity index (χ4v) is 4.29. The summed E-state index contributed by atoms with van der Waals surface area (Å²) in [6.45, 7) is 9.09. The minimum atomic E-state index is -0.436. The van der Waals surface area contributed by atoms with Crippen LogP contribution in [0.2, 0.25) is 0 Å². The molecule has 1 saturated heterocycles. The Morgan fingerprint density at radius 1 is 1.16 bits per heavy atom. The first-order valence-corrected chi connectivity index (χ1v) is 13.1. The second-order valence-corrected chi connectivity index (χ2v) is 10.4. The molecule has 0 saturated carbocycles. The molecule has 9 nitrogen and oxygen atoms in total. The lowest BCUT2D eigenvalue weighted by Gasteiger charge is -2.29. The average Bonchev–Trinajstić information content (AvgIpc) is 3.54. The van der Waals surface area contributed by atoms with E-state index >= 15 is 0 Å². The standard InChI is InChI=1S/C29H37N5O4/c1-5-37-23-14-9-13-22(17-23)34-19-25(21-11-7-6-8-12-21)30-27(34)31-26(35)20-33(18-24-15-10-16-38-24)28(36)32-29(2,3)4/h6-9,11-14,17,19,24H,5,10,15-16,18,20H2,1-4H3,(H,32,36)(H,30,31,35). The van der Waals surface area contributed by atoms with Crippen molar-refractivity contribution < 1.29 is 19.1 Å². The zero-order valence-corrected chi connectivity index (χ0v) is 22.6. The molecule has 1 aliphatic rings. The van der Waals surface area contributed by atoms with Crippen LogP contribution >= 0.6 is 0 Å². The number of anilines is 1. The molecule has 38 heavy (non-hydrogen) atoms. The number of hydrogen-bond acceptors (Lipinski definition) is 5. The maximum Gasteiger partial charge on any atom is 0.318 e. The number of carbonyl (C=O) groups excluding carboxylic acids is 2. The average molecular weight is 520 g/mol. The molecule has 1 aromatic heterocycles. The number of rotatable bonds is 9. The third kappa shape index (κ3) is 7.35. The van der Waals surface area contributed by atoms with Crippen LogP contribution in [0, 0.1) is 0 Å². The summed E-state index contributed by atoms with van der Waals surface area (Å²) in [6.07, 6.45) is 3.61. The lowest BCUT2D eigenvalue weighted by atomic mass is 10.1. The van der Waals surface area contributed by atoms with Crippen molar-refractivity contribution in [3.8, 4) is 22.7 Å². The number of carbonyl (C=O) groups is 2. The first kappa shape index (κ1) is 27.2. The van der Waals surface area contributed by atoms with Crippen LogP contribution in [0.5, 0.6) is 5.75 Å². The first-order chi connectivity index (χ1) is 18.2. The summed E-state index contributed by atoms with van der Waals surface area (Å²) >= 11 is 0. The Kier molecular flexibility index (Phi) is 8.68. The molecular formula is C29H37N5O4. The normalized spacial score (nSPS) is 15.2. The number of benzene rings is 2. The van der Waals surface area contributed by atoms with E-state index < -0.39 is 5.54 Å². The number of imidazole rings is 1. The molecule has 0 radical (unpaired) electrons. The Bertz CT molecular complexity index is 1230. The number of nitrogens with zero attached hydrogens (tertiary/aromatic N) is 3. The van der Waals surface area contributed by atoms with Gasteiger partial charge in [0.15, 0.2) is 0 Å². The maximum atomic E-state index is 13.3. The summed E-state index contributed by atoms with van der Waals surface area (Å²) in [5.41, 5.74) is 1.99. The second-order valence-electron chi connectivity index (χ2n) is 10.4. The summed E-state index contributed by atoms with van der Waals surface area (Å²) in [5, 5.41) is 5.89. The smallest absolute Gasteiger partial charge is 0.318 e. The number of hydrogen-bond donors (Lipinski definition) is 2. The van der Waals surface area contributed by atoms with E-state index in [1.54, 1.807) is 0 Å². The van der Waals surface area contributed by atoms with Crippen LogP contribution in [0.1, 0.15) is 40.5 Å². The van der Waals surface area contributed by atoms with Gasteiger partial charge in [-0.15, -0.1) is 0 Å². The van der Waals surface area contributed by atoms with E-state index in [0.29, 0.717) is 31.4 Å². The molecule has 1 atom stereocenters. The molecule has 0 aliphatic carbocycles. The molecule has 9 heteroatoms. The lowest BCUT2D eigenvalue weighted by Crippen LogP contribution is -2.52. The van der Waals surface area contributed by atoms with Crippen LogP contribution in [0.3, 0.4) is 0 Å². The molecular weight excluding hydrogens is 482 g/mol. The maximum absolute atomic E-state index is 13.3. The highest BCUT2D eigenvalue weighted by molar-refractivity contribution is 5.93. The highest BCUT2D eigenvalue weighted by atomic mass is 16.5. The SMILES string of the molecule is CCOc1cccc(-n2cc(-c3ccccc3)nc2NC(=O)CN(CC2CCCO2)C(=O)NC(C)(C)C)c1. The van der Waals surface area contributed by atoms with Crippen LogP contribution in [-0.2, 0) is 9.53 Å². The molecule has 1 fully saturated rings. The Morgan fingerprint density at radius 2 is 1.95 bits per heavy atom. The quantitative estimate of drug-likeness (QED) is 0.421. The Balaban J connectivity index is 1.59. The molecule has 1 aliphatic heterocycles. The van der Waals surface area contributed by atoms with Gasteiger partial charge in [-0.05, 0) is 52.7 Å². The van der Waals surface area contributed by atoms with E-state index in [0.717, 1.165) is 29.8 Å². The summed E-state index contributed by atoms with van der Waals surface area (Å²) in [6, 6.07) is 17.1. The molecule has 1 unspecified atom stereocenters. The van der Waals surface area contributed by atoms with Gasteiger partial charge in [0.25, 0.3) is 0 Å². The van der Waals surface area contributed by atoms with E-state index in [1.165, 1.54) is 4.90 Å². The summed E-state index contributed by atoms with van der Waals surface area (Å²) < 4.78 is 13.2. The van der Waals surface area contributed by atoms with Crippen LogP contribution < -0.4 is 15.4 Å². The van der Waals surface area contributed by atoms with Crippen molar-refractivity contribution in [3.05, 3.63) is 60.8 Å². The molecule has 3 amide bonds. The van der Waals surface area contributed by atoms with Crippen molar-refractivity contribution in [2.24, 2.45) is 0 Å². The largest absolute Gasteiger partial charge is 0.494 e. The Morgan fingerprint density at radius 3 is 2.63 bits per heavy atom. The van der Waals surface area contributed by atoms with Crippen LogP contribution in [0.25, 0.3) is 16.9 Å². The molecule has 2 heterocycles. The molecule has 0 spiro atoms. The van der Waals surface area contributed by atoms with Gasteiger partial charge in [-0.3, -0.25) is 14.7 Å².